The van der Waals surface area contributed by atoms with Gasteiger partial charge in [0.1, 0.15) is 0 Å². The van der Waals surface area contributed by atoms with Gasteiger partial charge >= 0.3 is 5.97 Å². The van der Waals surface area contributed by atoms with Crippen LogP contribution in [-0.2, 0) is 27.2 Å². The summed E-state index contributed by atoms with van der Waals surface area (Å²) in [6.45, 7) is 1.96. The highest BCUT2D eigenvalue weighted by Crippen LogP contribution is 2.35. The number of H-pyrrole nitrogens is 1. The summed E-state index contributed by atoms with van der Waals surface area (Å²) in [6.07, 6.45) is 4.51. The topological polar surface area (TPSA) is 74.4 Å². The Labute approximate surface area is 221 Å². The van der Waals surface area contributed by atoms with Crippen LogP contribution >= 0.6 is 11.6 Å². The Bertz CT molecular complexity index is 1410. The lowest BCUT2D eigenvalue weighted by atomic mass is 9.96. The van der Waals surface area contributed by atoms with Crippen LogP contribution in [0.3, 0.4) is 0 Å². The summed E-state index contributed by atoms with van der Waals surface area (Å²) < 4.78 is 4.82. The van der Waals surface area contributed by atoms with Gasteiger partial charge in [-0.15, -0.1) is 0 Å². The molecule has 0 spiro atoms. The van der Waals surface area contributed by atoms with E-state index < -0.39 is 0 Å². The number of nitrogens with one attached hydrogen (secondary N) is 2. The number of methoxy groups -OCH3 is 1. The van der Waals surface area contributed by atoms with E-state index in [9.17, 15) is 9.59 Å². The third-order valence-corrected chi connectivity index (χ3v) is 7.18. The molecule has 1 amide bonds. The molecule has 1 aliphatic heterocycles. The van der Waals surface area contributed by atoms with Crippen LogP contribution < -0.4 is 10.2 Å². The Balaban J connectivity index is 1.43. The first kappa shape index (κ1) is 24.9. The third-order valence-electron chi connectivity index (χ3n) is 6.95. The van der Waals surface area contributed by atoms with Crippen LogP contribution in [0.2, 0.25) is 5.02 Å². The van der Waals surface area contributed by atoms with Crippen LogP contribution in [0.4, 0.5) is 5.69 Å². The van der Waals surface area contributed by atoms with E-state index in [1.165, 1.54) is 7.11 Å². The minimum Gasteiger partial charge on any atom is -0.469 e. The highest BCUT2D eigenvalue weighted by Gasteiger charge is 2.24. The van der Waals surface area contributed by atoms with E-state index in [4.69, 9.17) is 16.3 Å². The Morgan fingerprint density at radius 2 is 1.81 bits per heavy atom. The predicted molar refractivity (Wildman–Crippen MR) is 147 cm³/mol. The Kier molecular flexibility index (Phi) is 7.47. The number of rotatable bonds is 8. The maximum atomic E-state index is 13.4. The average molecular weight is 516 g/mol. The van der Waals surface area contributed by atoms with Crippen LogP contribution in [0, 0.1) is 0 Å². The number of carbonyl (C=O) groups is 2. The summed E-state index contributed by atoms with van der Waals surface area (Å²) in [4.78, 5) is 30.8. The second kappa shape index (κ2) is 11.1. The first-order valence-electron chi connectivity index (χ1n) is 12.6. The molecule has 1 atom stereocenters. The third kappa shape index (κ3) is 5.65. The minimum absolute atomic E-state index is 0.0828. The van der Waals surface area contributed by atoms with E-state index in [0.717, 1.165) is 64.8 Å². The highest BCUT2D eigenvalue weighted by molar-refractivity contribution is 6.30. The van der Waals surface area contributed by atoms with Crippen molar-refractivity contribution in [3.05, 3.63) is 100 Å². The van der Waals surface area contributed by atoms with Gasteiger partial charge in [0.15, 0.2) is 0 Å². The molecule has 4 aromatic rings. The van der Waals surface area contributed by atoms with Gasteiger partial charge in [-0.3, -0.25) is 9.59 Å². The summed E-state index contributed by atoms with van der Waals surface area (Å²) in [5.74, 6) is -0.382. The van der Waals surface area contributed by atoms with E-state index in [-0.39, 0.29) is 30.8 Å². The number of benzene rings is 3. The van der Waals surface area contributed by atoms with Gasteiger partial charge in [-0.2, -0.15) is 0 Å². The number of carbonyl (C=O) groups excluding carboxylic acids is 2. The number of anilines is 1. The van der Waals surface area contributed by atoms with Gasteiger partial charge in [0.25, 0.3) is 0 Å². The van der Waals surface area contributed by atoms with E-state index in [1.807, 2.05) is 72.9 Å². The van der Waals surface area contributed by atoms with Crippen molar-refractivity contribution >= 4 is 40.1 Å². The van der Waals surface area contributed by atoms with E-state index >= 15 is 0 Å². The lowest BCUT2D eigenvalue weighted by molar-refractivity contribution is -0.139. The largest absolute Gasteiger partial charge is 0.469 e. The SMILES string of the molecule is COC(=O)Cc1c[nH]c2ccc(CC(=O)NC(c3ccccc3)c3ccc(Cl)cc3N3CCCC3)cc12. The van der Waals surface area contributed by atoms with Crippen molar-refractivity contribution in [3.63, 3.8) is 0 Å². The standard InChI is InChI=1S/C30H30ClN3O3/c1-37-29(36)17-22-19-32-26-12-9-20(15-25(22)26)16-28(35)33-30(21-7-3-2-4-8-21)24-11-10-23(31)18-27(24)34-13-5-6-14-34/h2-4,7-12,15,18-19,30,32H,5-6,13-14,16-17H2,1H3,(H,33,35). The normalized spacial score (nSPS) is 14.1. The Hall–Kier alpha value is -3.77. The molecule has 0 aliphatic carbocycles. The number of aromatic nitrogens is 1. The Morgan fingerprint density at radius 3 is 2.57 bits per heavy atom. The van der Waals surface area contributed by atoms with E-state index in [0.29, 0.717) is 5.02 Å². The molecule has 2 N–H and O–H groups in total. The molecule has 1 unspecified atom stereocenters. The molecule has 6 nitrogen and oxygen atoms in total. The van der Waals surface area contributed by atoms with Crippen molar-refractivity contribution in [1.82, 2.24) is 10.3 Å². The number of ether oxygens (including phenoxy) is 1. The fraction of sp³-hybridized carbons (Fsp3) is 0.267. The molecule has 1 aliphatic rings. The quantitative estimate of drug-likeness (QED) is 0.300. The number of amides is 1. The second-order valence-electron chi connectivity index (χ2n) is 9.43. The molecule has 37 heavy (non-hydrogen) atoms. The summed E-state index contributed by atoms with van der Waals surface area (Å²) in [5.41, 5.74) is 5.76. The number of hydrogen-bond acceptors (Lipinski definition) is 4. The highest BCUT2D eigenvalue weighted by atomic mass is 35.5. The monoisotopic (exact) mass is 515 g/mol. The molecule has 2 heterocycles. The smallest absolute Gasteiger partial charge is 0.310 e. The lowest BCUT2D eigenvalue weighted by Crippen LogP contribution is -2.32. The van der Waals surface area contributed by atoms with Crippen molar-refractivity contribution in [3.8, 4) is 0 Å². The molecule has 0 saturated carbocycles. The summed E-state index contributed by atoms with van der Waals surface area (Å²) in [6, 6.07) is 21.5. The fourth-order valence-corrected chi connectivity index (χ4v) is 5.25. The van der Waals surface area contributed by atoms with Crippen molar-refractivity contribution in [1.29, 1.82) is 0 Å². The summed E-state index contributed by atoms with van der Waals surface area (Å²) in [7, 11) is 1.38. The molecule has 0 radical (unpaired) electrons. The van der Waals surface area contributed by atoms with Gasteiger partial charge in [-0.1, -0.05) is 54.1 Å². The first-order chi connectivity index (χ1) is 18.0. The predicted octanol–water partition coefficient (Wildman–Crippen LogP) is 5.59. The Morgan fingerprint density at radius 1 is 1.03 bits per heavy atom. The van der Waals surface area contributed by atoms with Crippen molar-refractivity contribution in [2.24, 2.45) is 0 Å². The van der Waals surface area contributed by atoms with Crippen molar-refractivity contribution < 1.29 is 14.3 Å². The van der Waals surface area contributed by atoms with Crippen LogP contribution in [0.25, 0.3) is 10.9 Å². The van der Waals surface area contributed by atoms with Crippen LogP contribution in [-0.4, -0.2) is 37.1 Å². The number of aromatic amines is 1. The zero-order chi connectivity index (χ0) is 25.8. The molecule has 3 aromatic carbocycles. The van der Waals surface area contributed by atoms with Crippen molar-refractivity contribution in [2.45, 2.75) is 31.7 Å². The second-order valence-corrected chi connectivity index (χ2v) is 9.87. The number of esters is 1. The molecule has 0 bridgehead atoms. The zero-order valence-electron chi connectivity index (χ0n) is 20.8. The maximum Gasteiger partial charge on any atom is 0.310 e. The van der Waals surface area contributed by atoms with E-state index in [2.05, 4.69) is 15.2 Å². The van der Waals surface area contributed by atoms with Gasteiger partial charge in [0, 0.05) is 46.5 Å². The molecule has 1 saturated heterocycles. The fourth-order valence-electron chi connectivity index (χ4n) is 5.09. The molecule has 1 aromatic heterocycles. The molecular weight excluding hydrogens is 486 g/mol. The van der Waals surface area contributed by atoms with Gasteiger partial charge in [0.05, 0.1) is 26.0 Å². The lowest BCUT2D eigenvalue weighted by Gasteiger charge is -2.27. The van der Waals surface area contributed by atoms with Crippen LogP contribution in [0.1, 0.15) is 41.1 Å². The van der Waals surface area contributed by atoms with Crippen LogP contribution in [0.15, 0.2) is 72.9 Å². The number of fused-ring (bicyclic) bond motifs is 1. The molecule has 1 fully saturated rings. The molecular formula is C30H30ClN3O3. The number of nitrogens with zero attached hydrogens (tertiary/aromatic N) is 1. The maximum absolute atomic E-state index is 13.4. The average Bonchev–Trinajstić information content (AvgIpc) is 3.59. The van der Waals surface area contributed by atoms with Gasteiger partial charge in [-0.25, -0.2) is 0 Å². The van der Waals surface area contributed by atoms with Gasteiger partial charge in [-0.05, 0) is 53.8 Å². The van der Waals surface area contributed by atoms with E-state index in [1.54, 1.807) is 0 Å². The van der Waals surface area contributed by atoms with Gasteiger partial charge < -0.3 is 19.9 Å². The molecule has 7 heteroatoms. The zero-order valence-corrected chi connectivity index (χ0v) is 21.6. The molecule has 190 valence electrons. The number of hydrogen-bond donors (Lipinski definition) is 2. The molecule has 5 rings (SSSR count). The van der Waals surface area contributed by atoms with Crippen molar-refractivity contribution in [2.75, 3.05) is 25.1 Å². The number of halogens is 1. The summed E-state index contributed by atoms with van der Waals surface area (Å²) >= 11 is 6.41. The first-order valence-corrected chi connectivity index (χ1v) is 12.9. The van der Waals surface area contributed by atoms with Crippen LogP contribution in [0.5, 0.6) is 0 Å². The van der Waals surface area contributed by atoms with Gasteiger partial charge in [0.2, 0.25) is 5.91 Å². The minimum atomic E-state index is -0.313. The summed E-state index contributed by atoms with van der Waals surface area (Å²) in [5, 5.41) is 4.90.